The van der Waals surface area contributed by atoms with E-state index in [-0.39, 0.29) is 0 Å². The number of nitrogens with one attached hydrogen (secondary N) is 1. The average Bonchev–Trinajstić information content (AvgIpc) is 3.08. The molecule has 19 heavy (non-hydrogen) atoms. The highest BCUT2D eigenvalue weighted by atomic mass is 16.3. The monoisotopic (exact) mass is 253 g/mol. The Morgan fingerprint density at radius 1 is 1.26 bits per heavy atom. The van der Waals surface area contributed by atoms with Crippen molar-refractivity contribution in [3.05, 3.63) is 35.5 Å². The van der Waals surface area contributed by atoms with Crippen molar-refractivity contribution in [1.29, 1.82) is 0 Å². The summed E-state index contributed by atoms with van der Waals surface area (Å²) in [7, 11) is 0. The van der Waals surface area contributed by atoms with Crippen LogP contribution in [-0.2, 0) is 0 Å². The van der Waals surface area contributed by atoms with Gasteiger partial charge in [0.2, 0.25) is 0 Å². The number of benzene rings is 1. The van der Waals surface area contributed by atoms with Gasteiger partial charge in [-0.3, -0.25) is 5.10 Å². The summed E-state index contributed by atoms with van der Waals surface area (Å²) < 4.78 is 5.79. The second kappa shape index (κ2) is 3.70. The van der Waals surface area contributed by atoms with Crippen LogP contribution in [0, 0.1) is 13.8 Å². The van der Waals surface area contributed by atoms with Crippen molar-refractivity contribution in [2.24, 2.45) is 0 Å². The van der Waals surface area contributed by atoms with E-state index in [4.69, 9.17) is 4.42 Å². The fourth-order valence-corrected chi connectivity index (χ4v) is 2.58. The van der Waals surface area contributed by atoms with Gasteiger partial charge in [-0.05, 0) is 44.4 Å². The van der Waals surface area contributed by atoms with Crippen LogP contribution in [0.2, 0.25) is 0 Å². The lowest BCUT2D eigenvalue weighted by molar-refractivity contribution is 0.533. The second-order valence-corrected chi connectivity index (χ2v) is 5.32. The molecule has 0 unspecified atom stereocenters. The molecule has 0 bridgehead atoms. The van der Waals surface area contributed by atoms with Crippen LogP contribution < -0.4 is 0 Å². The highest BCUT2D eigenvalue weighted by Gasteiger charge is 2.28. The van der Waals surface area contributed by atoms with Crippen molar-refractivity contribution in [3.8, 4) is 11.1 Å². The third-order valence-corrected chi connectivity index (χ3v) is 3.75. The van der Waals surface area contributed by atoms with Gasteiger partial charge >= 0.3 is 0 Å². The molecule has 0 saturated heterocycles. The van der Waals surface area contributed by atoms with Crippen molar-refractivity contribution in [1.82, 2.24) is 15.2 Å². The number of aromatic amines is 1. The molecule has 0 spiro atoms. The summed E-state index contributed by atoms with van der Waals surface area (Å²) in [5.74, 6) is 1.45. The van der Waals surface area contributed by atoms with E-state index >= 15 is 0 Å². The molecule has 1 aromatic carbocycles. The average molecular weight is 253 g/mol. The molecule has 4 heteroatoms. The summed E-state index contributed by atoms with van der Waals surface area (Å²) in [6.07, 6.45) is 2.42. The Bertz CT molecular complexity index is 745. The first-order valence-electron chi connectivity index (χ1n) is 6.65. The second-order valence-electron chi connectivity index (χ2n) is 5.32. The van der Waals surface area contributed by atoms with E-state index in [0.29, 0.717) is 5.92 Å². The summed E-state index contributed by atoms with van der Waals surface area (Å²) in [6, 6.07) is 6.18. The molecule has 4 rings (SSSR count). The lowest BCUT2D eigenvalue weighted by Crippen LogP contribution is -1.82. The predicted octanol–water partition coefficient (Wildman–Crippen LogP) is 3.71. The summed E-state index contributed by atoms with van der Waals surface area (Å²) in [6.45, 7) is 4.05. The summed E-state index contributed by atoms with van der Waals surface area (Å²) in [5, 5.41) is 7.27. The van der Waals surface area contributed by atoms with Gasteiger partial charge in [-0.2, -0.15) is 5.10 Å². The molecule has 1 aliphatic rings. The number of hydrogen-bond donors (Lipinski definition) is 1. The van der Waals surface area contributed by atoms with Gasteiger partial charge < -0.3 is 4.42 Å². The minimum absolute atomic E-state index is 0.549. The minimum Gasteiger partial charge on any atom is -0.440 e. The highest BCUT2D eigenvalue weighted by Crippen LogP contribution is 2.41. The summed E-state index contributed by atoms with van der Waals surface area (Å²) >= 11 is 0. The Labute approximate surface area is 110 Å². The molecule has 0 amide bonds. The predicted molar refractivity (Wildman–Crippen MR) is 73.0 cm³/mol. The fourth-order valence-electron chi connectivity index (χ4n) is 2.58. The third kappa shape index (κ3) is 1.67. The van der Waals surface area contributed by atoms with Gasteiger partial charge in [-0.15, -0.1) is 0 Å². The van der Waals surface area contributed by atoms with E-state index in [1.54, 1.807) is 0 Å². The molecule has 2 aromatic heterocycles. The molecular formula is C15H15N3O. The normalized spacial score (nSPS) is 15.3. The number of nitrogens with zero attached hydrogens (tertiary/aromatic N) is 2. The van der Waals surface area contributed by atoms with E-state index in [9.17, 15) is 0 Å². The number of aromatic nitrogens is 3. The molecule has 0 aliphatic heterocycles. The standard InChI is InChI=1S/C15H15N3O/c1-8-14(9(2)18-17-8)11-5-6-13-12(7-11)16-15(19-13)10-3-4-10/h5-7,10H,3-4H2,1-2H3,(H,17,18). The minimum atomic E-state index is 0.549. The van der Waals surface area contributed by atoms with E-state index in [0.717, 1.165) is 39.5 Å². The Balaban J connectivity index is 1.87. The smallest absolute Gasteiger partial charge is 0.198 e. The molecule has 2 heterocycles. The first kappa shape index (κ1) is 10.8. The van der Waals surface area contributed by atoms with Gasteiger partial charge in [0.1, 0.15) is 5.52 Å². The van der Waals surface area contributed by atoms with E-state index in [2.05, 4.69) is 27.3 Å². The molecule has 96 valence electrons. The highest BCUT2D eigenvalue weighted by molar-refractivity contribution is 5.81. The Morgan fingerprint density at radius 2 is 2.11 bits per heavy atom. The largest absolute Gasteiger partial charge is 0.440 e. The number of oxazole rings is 1. The Kier molecular flexibility index (Phi) is 2.10. The first-order chi connectivity index (χ1) is 9.22. The maximum absolute atomic E-state index is 5.79. The van der Waals surface area contributed by atoms with E-state index in [1.807, 2.05) is 19.9 Å². The van der Waals surface area contributed by atoms with E-state index < -0.39 is 0 Å². The van der Waals surface area contributed by atoms with Crippen LogP contribution in [0.25, 0.3) is 22.2 Å². The van der Waals surface area contributed by atoms with Crippen LogP contribution in [0.15, 0.2) is 22.6 Å². The summed E-state index contributed by atoms with van der Waals surface area (Å²) in [4.78, 5) is 4.61. The molecule has 3 aromatic rings. The number of fused-ring (bicyclic) bond motifs is 1. The molecule has 1 aliphatic carbocycles. The molecule has 1 N–H and O–H groups in total. The van der Waals surface area contributed by atoms with Crippen molar-refractivity contribution < 1.29 is 4.42 Å². The number of H-pyrrole nitrogens is 1. The summed E-state index contributed by atoms with van der Waals surface area (Å²) in [5.41, 5.74) is 6.24. The lowest BCUT2D eigenvalue weighted by Gasteiger charge is -2.00. The molecular weight excluding hydrogens is 238 g/mol. The zero-order valence-corrected chi connectivity index (χ0v) is 11.0. The van der Waals surface area contributed by atoms with Crippen LogP contribution in [0.1, 0.15) is 36.0 Å². The van der Waals surface area contributed by atoms with Crippen LogP contribution >= 0.6 is 0 Å². The van der Waals surface area contributed by atoms with Crippen LogP contribution in [0.3, 0.4) is 0 Å². The molecule has 0 atom stereocenters. The van der Waals surface area contributed by atoms with Gasteiger partial charge in [0.25, 0.3) is 0 Å². The van der Waals surface area contributed by atoms with Gasteiger partial charge in [0.15, 0.2) is 11.5 Å². The van der Waals surface area contributed by atoms with Crippen molar-refractivity contribution in [2.75, 3.05) is 0 Å². The Hall–Kier alpha value is -2.10. The molecule has 1 fully saturated rings. The fraction of sp³-hybridized carbons (Fsp3) is 0.333. The van der Waals surface area contributed by atoms with Gasteiger partial charge in [-0.1, -0.05) is 6.07 Å². The quantitative estimate of drug-likeness (QED) is 0.757. The van der Waals surface area contributed by atoms with Crippen molar-refractivity contribution in [2.45, 2.75) is 32.6 Å². The zero-order chi connectivity index (χ0) is 13.0. The maximum atomic E-state index is 5.79. The third-order valence-electron chi connectivity index (χ3n) is 3.75. The van der Waals surface area contributed by atoms with Crippen LogP contribution in [-0.4, -0.2) is 15.2 Å². The lowest BCUT2D eigenvalue weighted by atomic mass is 10.0. The molecule has 0 radical (unpaired) electrons. The van der Waals surface area contributed by atoms with Gasteiger partial charge in [0, 0.05) is 17.2 Å². The first-order valence-corrected chi connectivity index (χ1v) is 6.65. The zero-order valence-electron chi connectivity index (χ0n) is 11.0. The van der Waals surface area contributed by atoms with E-state index in [1.165, 1.54) is 12.8 Å². The number of rotatable bonds is 2. The van der Waals surface area contributed by atoms with Gasteiger partial charge in [-0.25, -0.2) is 4.98 Å². The van der Waals surface area contributed by atoms with Crippen molar-refractivity contribution in [3.63, 3.8) is 0 Å². The SMILES string of the molecule is Cc1n[nH]c(C)c1-c1ccc2oc(C3CC3)nc2c1. The van der Waals surface area contributed by atoms with Crippen LogP contribution in [0.5, 0.6) is 0 Å². The van der Waals surface area contributed by atoms with Crippen molar-refractivity contribution >= 4 is 11.1 Å². The Morgan fingerprint density at radius 3 is 2.79 bits per heavy atom. The molecule has 4 nitrogen and oxygen atoms in total. The number of aryl methyl sites for hydroxylation is 2. The topological polar surface area (TPSA) is 54.7 Å². The van der Waals surface area contributed by atoms with Gasteiger partial charge in [0.05, 0.1) is 5.69 Å². The molecule has 1 saturated carbocycles. The van der Waals surface area contributed by atoms with Crippen LogP contribution in [0.4, 0.5) is 0 Å². The maximum Gasteiger partial charge on any atom is 0.198 e. The number of hydrogen-bond acceptors (Lipinski definition) is 3.